The van der Waals surface area contributed by atoms with Crippen molar-refractivity contribution in [1.29, 1.82) is 0 Å². The minimum atomic E-state index is -0.612. The number of ether oxygens (including phenoxy) is 1. The molecule has 1 saturated heterocycles. The van der Waals surface area contributed by atoms with Gasteiger partial charge < -0.3 is 14.7 Å². The second-order valence-electron chi connectivity index (χ2n) is 4.35. The molecule has 1 fully saturated rings. The molecule has 102 valence electrons. The van der Waals surface area contributed by atoms with Crippen LogP contribution in [-0.4, -0.2) is 41.8 Å². The highest BCUT2D eigenvalue weighted by molar-refractivity contribution is 5.81. The zero-order valence-corrected chi connectivity index (χ0v) is 10.4. The van der Waals surface area contributed by atoms with Gasteiger partial charge in [-0.2, -0.15) is 0 Å². The van der Waals surface area contributed by atoms with Crippen LogP contribution in [0.2, 0.25) is 0 Å². The highest BCUT2D eigenvalue weighted by atomic mass is 16.6. The molecular weight excluding hydrogens is 252 g/mol. The van der Waals surface area contributed by atoms with Crippen LogP contribution in [0, 0.1) is 10.1 Å². The van der Waals surface area contributed by atoms with E-state index in [1.807, 2.05) is 0 Å². The maximum atomic E-state index is 11.6. The van der Waals surface area contributed by atoms with Gasteiger partial charge in [0, 0.05) is 30.8 Å². The maximum Gasteiger partial charge on any atom is 0.328 e. The number of carbonyl (C=O) groups is 1. The van der Waals surface area contributed by atoms with Gasteiger partial charge in [-0.15, -0.1) is 0 Å². The van der Waals surface area contributed by atoms with Gasteiger partial charge >= 0.3 is 5.97 Å². The number of carbonyl (C=O) groups excluding carboxylic acids is 1. The predicted octanol–water partition coefficient (Wildman–Crippen LogP) is 0.707. The van der Waals surface area contributed by atoms with Crippen LogP contribution in [0.4, 0.5) is 11.4 Å². The quantitative estimate of drug-likeness (QED) is 0.492. The molecule has 7 nitrogen and oxygen atoms in total. The Morgan fingerprint density at radius 2 is 2.11 bits per heavy atom. The van der Waals surface area contributed by atoms with Crippen molar-refractivity contribution in [2.45, 2.75) is 18.6 Å². The van der Waals surface area contributed by atoms with Crippen molar-refractivity contribution in [3.63, 3.8) is 0 Å². The van der Waals surface area contributed by atoms with Crippen molar-refractivity contribution < 1.29 is 19.6 Å². The van der Waals surface area contributed by atoms with Crippen LogP contribution in [0.25, 0.3) is 0 Å². The number of rotatable bonds is 3. The van der Waals surface area contributed by atoms with Gasteiger partial charge in [-0.25, -0.2) is 4.79 Å². The van der Waals surface area contributed by atoms with Crippen LogP contribution < -0.4 is 4.90 Å². The molecule has 1 N–H and O–H groups in total. The van der Waals surface area contributed by atoms with Crippen LogP contribution in [0.1, 0.15) is 6.42 Å². The molecule has 1 aromatic rings. The van der Waals surface area contributed by atoms with Gasteiger partial charge in [0.25, 0.3) is 5.69 Å². The van der Waals surface area contributed by atoms with Crippen molar-refractivity contribution in [2.24, 2.45) is 0 Å². The lowest BCUT2D eigenvalue weighted by Gasteiger charge is -2.24. The topological polar surface area (TPSA) is 92.9 Å². The van der Waals surface area contributed by atoms with Gasteiger partial charge in [-0.05, 0) is 12.1 Å². The molecule has 0 amide bonds. The number of β-amino-alcohol motifs (C(OH)–C–C–N with tert-alkyl or cyclic N) is 1. The first-order chi connectivity index (χ1) is 9.02. The van der Waals surface area contributed by atoms with Crippen LogP contribution >= 0.6 is 0 Å². The highest BCUT2D eigenvalue weighted by Gasteiger charge is 2.36. The standard InChI is InChI=1S/C12H14N2O5/c1-19-12(16)11-6-10(15)7-13(11)8-2-4-9(5-3-8)14(17)18/h2-5,10-11,15H,6-7H2,1H3/t10-,11?/m1/s1. The average Bonchev–Trinajstić information content (AvgIpc) is 2.80. The Hall–Kier alpha value is -2.15. The molecule has 1 aliphatic rings. The van der Waals surface area contributed by atoms with Gasteiger partial charge in [0.05, 0.1) is 18.1 Å². The lowest BCUT2D eigenvalue weighted by atomic mass is 10.2. The van der Waals surface area contributed by atoms with Crippen LogP contribution in [0.3, 0.4) is 0 Å². The second-order valence-corrected chi connectivity index (χ2v) is 4.35. The molecule has 2 rings (SSSR count). The summed E-state index contributed by atoms with van der Waals surface area (Å²) in [6.07, 6.45) is -0.316. The van der Waals surface area contributed by atoms with E-state index in [2.05, 4.69) is 0 Å². The van der Waals surface area contributed by atoms with Gasteiger partial charge in [0.2, 0.25) is 0 Å². The number of aliphatic hydroxyl groups excluding tert-OH is 1. The van der Waals surface area contributed by atoms with Crippen molar-refractivity contribution in [1.82, 2.24) is 0 Å². The fourth-order valence-electron chi connectivity index (χ4n) is 2.22. The van der Waals surface area contributed by atoms with E-state index in [1.165, 1.54) is 19.2 Å². The minimum absolute atomic E-state index is 0.0156. The summed E-state index contributed by atoms with van der Waals surface area (Å²) in [6.45, 7) is 0.303. The first-order valence-electron chi connectivity index (χ1n) is 5.80. The number of anilines is 1. The largest absolute Gasteiger partial charge is 0.467 e. The number of benzene rings is 1. The molecule has 0 saturated carbocycles. The van der Waals surface area contributed by atoms with Gasteiger partial charge in [0.15, 0.2) is 0 Å². The lowest BCUT2D eigenvalue weighted by molar-refractivity contribution is -0.384. The molecule has 1 aliphatic heterocycles. The number of hydrogen-bond donors (Lipinski definition) is 1. The van der Waals surface area contributed by atoms with E-state index in [-0.39, 0.29) is 5.69 Å². The second kappa shape index (κ2) is 5.23. The van der Waals surface area contributed by atoms with E-state index in [9.17, 15) is 20.0 Å². The van der Waals surface area contributed by atoms with Gasteiger partial charge in [0.1, 0.15) is 6.04 Å². The smallest absolute Gasteiger partial charge is 0.328 e. The Labute approximate surface area is 109 Å². The summed E-state index contributed by atoms with van der Waals surface area (Å²) in [5, 5.41) is 20.2. The number of nitrogens with zero attached hydrogens (tertiary/aromatic N) is 2. The van der Waals surface area contributed by atoms with Crippen molar-refractivity contribution in [3.8, 4) is 0 Å². The minimum Gasteiger partial charge on any atom is -0.467 e. The Balaban J connectivity index is 2.23. The third kappa shape index (κ3) is 2.65. The van der Waals surface area contributed by atoms with Crippen molar-refractivity contribution in [3.05, 3.63) is 34.4 Å². The van der Waals surface area contributed by atoms with E-state index < -0.39 is 23.0 Å². The third-order valence-electron chi connectivity index (χ3n) is 3.14. The molecule has 0 aromatic heterocycles. The summed E-state index contributed by atoms with van der Waals surface area (Å²) >= 11 is 0. The molecule has 2 atom stereocenters. The summed E-state index contributed by atoms with van der Waals surface area (Å²) in [5.41, 5.74) is 0.635. The molecule has 0 radical (unpaired) electrons. The summed E-state index contributed by atoms with van der Waals surface area (Å²) in [7, 11) is 1.29. The van der Waals surface area contributed by atoms with E-state index in [4.69, 9.17) is 4.74 Å². The predicted molar refractivity (Wildman–Crippen MR) is 66.9 cm³/mol. The van der Waals surface area contributed by atoms with Crippen LogP contribution in [0.15, 0.2) is 24.3 Å². The molecule has 0 aliphatic carbocycles. The van der Waals surface area contributed by atoms with Gasteiger partial charge in [-0.1, -0.05) is 0 Å². The highest BCUT2D eigenvalue weighted by Crippen LogP contribution is 2.28. The molecule has 1 heterocycles. The first-order valence-corrected chi connectivity index (χ1v) is 5.80. The SMILES string of the molecule is COC(=O)C1C[C@@H](O)CN1c1ccc([N+](=O)[O-])cc1. The Kier molecular flexibility index (Phi) is 3.66. The average molecular weight is 266 g/mol. The van der Waals surface area contributed by atoms with E-state index in [1.54, 1.807) is 17.0 Å². The lowest BCUT2D eigenvalue weighted by Crippen LogP contribution is -2.36. The number of aliphatic hydroxyl groups is 1. The zero-order chi connectivity index (χ0) is 14.0. The molecule has 1 aromatic carbocycles. The maximum absolute atomic E-state index is 11.6. The Morgan fingerprint density at radius 3 is 2.63 bits per heavy atom. The van der Waals surface area contributed by atoms with E-state index >= 15 is 0 Å². The van der Waals surface area contributed by atoms with E-state index in [0.717, 1.165) is 0 Å². The Bertz CT molecular complexity index is 487. The number of non-ortho nitro benzene ring substituents is 1. The number of nitro benzene ring substituents is 1. The van der Waals surface area contributed by atoms with Gasteiger partial charge in [-0.3, -0.25) is 10.1 Å². The number of hydrogen-bond acceptors (Lipinski definition) is 6. The zero-order valence-electron chi connectivity index (χ0n) is 10.4. The van der Waals surface area contributed by atoms with E-state index in [0.29, 0.717) is 18.7 Å². The Morgan fingerprint density at radius 1 is 1.47 bits per heavy atom. The van der Waals surface area contributed by atoms with Crippen molar-refractivity contribution in [2.75, 3.05) is 18.6 Å². The monoisotopic (exact) mass is 266 g/mol. The summed E-state index contributed by atoms with van der Waals surface area (Å²) in [4.78, 5) is 23.4. The molecule has 0 spiro atoms. The van der Waals surface area contributed by atoms with Crippen LogP contribution in [0.5, 0.6) is 0 Å². The molecule has 1 unspecified atom stereocenters. The summed E-state index contributed by atoms with van der Waals surface area (Å²) in [5.74, 6) is -0.421. The molecule has 0 bridgehead atoms. The van der Waals surface area contributed by atoms with Crippen LogP contribution in [-0.2, 0) is 9.53 Å². The molecule has 7 heteroatoms. The number of esters is 1. The van der Waals surface area contributed by atoms with Crippen molar-refractivity contribution >= 4 is 17.3 Å². The summed E-state index contributed by atoms with van der Waals surface area (Å²) < 4.78 is 4.70. The number of methoxy groups -OCH3 is 1. The third-order valence-corrected chi connectivity index (χ3v) is 3.14. The number of nitro groups is 1. The normalized spacial score (nSPS) is 22.3. The summed E-state index contributed by atoms with van der Waals surface area (Å²) in [6, 6.07) is 5.31. The first kappa shape index (κ1) is 13.3. The molecular formula is C12H14N2O5. The fraction of sp³-hybridized carbons (Fsp3) is 0.417. The molecule has 19 heavy (non-hydrogen) atoms. The fourth-order valence-corrected chi connectivity index (χ4v) is 2.22.